The Kier molecular flexibility index (Phi) is 6.28. The lowest BCUT2D eigenvalue weighted by atomic mass is 10.0. The molecule has 0 aromatic rings. The zero-order chi connectivity index (χ0) is 17.1. The zero-order valence-corrected chi connectivity index (χ0v) is 16.3. The fourth-order valence-electron chi connectivity index (χ4n) is 3.50. The van der Waals surface area contributed by atoms with E-state index < -0.39 is 5.60 Å². The fourth-order valence-corrected chi connectivity index (χ4v) is 4.76. The first kappa shape index (κ1) is 18.9. The number of ether oxygens (including phenoxy) is 1. The van der Waals surface area contributed by atoms with Crippen molar-refractivity contribution in [1.82, 2.24) is 10.2 Å². The average molecular weight is 343 g/mol. The summed E-state index contributed by atoms with van der Waals surface area (Å²) in [6, 6.07) is 0.748. The van der Waals surface area contributed by atoms with Gasteiger partial charge in [-0.15, -0.1) is 0 Å². The highest BCUT2D eigenvalue weighted by Gasteiger charge is 2.34. The Labute approximate surface area is 146 Å². The quantitative estimate of drug-likeness (QED) is 0.819. The van der Waals surface area contributed by atoms with E-state index in [4.69, 9.17) is 4.74 Å². The maximum Gasteiger partial charge on any atom is 0.410 e. The van der Waals surface area contributed by atoms with Crippen molar-refractivity contribution < 1.29 is 9.53 Å². The summed E-state index contributed by atoms with van der Waals surface area (Å²) in [5, 5.41) is 3.70. The van der Waals surface area contributed by atoms with E-state index in [-0.39, 0.29) is 6.09 Å². The Balaban J connectivity index is 1.79. The van der Waals surface area contributed by atoms with Crippen LogP contribution >= 0.6 is 11.8 Å². The van der Waals surface area contributed by atoms with Crippen molar-refractivity contribution in [3.8, 4) is 0 Å². The van der Waals surface area contributed by atoms with Gasteiger partial charge in [0.2, 0.25) is 0 Å². The monoisotopic (exact) mass is 342 g/mol. The highest BCUT2D eigenvalue weighted by atomic mass is 32.2. The molecule has 2 rings (SSSR count). The summed E-state index contributed by atoms with van der Waals surface area (Å²) < 4.78 is 5.95. The van der Waals surface area contributed by atoms with Crippen LogP contribution in [0.3, 0.4) is 0 Å². The van der Waals surface area contributed by atoms with Gasteiger partial charge in [-0.25, -0.2) is 4.79 Å². The van der Waals surface area contributed by atoms with Gasteiger partial charge in [0.15, 0.2) is 0 Å². The van der Waals surface area contributed by atoms with E-state index in [1.165, 1.54) is 18.6 Å². The molecular weight excluding hydrogens is 308 g/mol. The van der Waals surface area contributed by atoms with Crippen molar-refractivity contribution in [3.63, 3.8) is 0 Å². The van der Waals surface area contributed by atoms with Gasteiger partial charge in [-0.05, 0) is 72.5 Å². The lowest BCUT2D eigenvalue weighted by Crippen LogP contribution is -2.44. The van der Waals surface area contributed by atoms with E-state index in [0.29, 0.717) is 16.8 Å². The molecule has 5 heteroatoms. The summed E-state index contributed by atoms with van der Waals surface area (Å²) in [5.74, 6) is 1.29. The molecular formula is C18H34N2O2S. The Morgan fingerprint density at radius 3 is 2.78 bits per heavy atom. The van der Waals surface area contributed by atoms with Gasteiger partial charge in [0.25, 0.3) is 0 Å². The molecule has 2 aliphatic rings. The highest BCUT2D eigenvalue weighted by Crippen LogP contribution is 2.37. The smallest absolute Gasteiger partial charge is 0.410 e. The van der Waals surface area contributed by atoms with E-state index in [9.17, 15) is 4.79 Å². The van der Waals surface area contributed by atoms with Crippen LogP contribution in [0.15, 0.2) is 0 Å². The first-order chi connectivity index (χ1) is 10.7. The number of rotatable bonds is 5. The van der Waals surface area contributed by atoms with Gasteiger partial charge < -0.3 is 15.0 Å². The van der Waals surface area contributed by atoms with Crippen LogP contribution in [0.5, 0.6) is 0 Å². The molecule has 2 saturated heterocycles. The second kappa shape index (κ2) is 7.64. The molecule has 4 nitrogen and oxygen atoms in total. The largest absolute Gasteiger partial charge is 0.444 e. The third-order valence-electron chi connectivity index (χ3n) is 4.76. The van der Waals surface area contributed by atoms with E-state index >= 15 is 0 Å². The molecule has 0 aromatic heterocycles. The number of hydrogen-bond acceptors (Lipinski definition) is 4. The zero-order valence-electron chi connectivity index (χ0n) is 15.5. The fraction of sp³-hybridized carbons (Fsp3) is 0.944. The van der Waals surface area contributed by atoms with Crippen molar-refractivity contribution in [2.45, 2.75) is 89.2 Å². The standard InChI is InChI=1S/C18H34N2O2S/c1-14(19-13-18(5)9-7-11-23-18)12-15-8-6-10-20(15)16(21)22-17(2,3)4/h14-15,19H,6-13H2,1-5H3. The number of hydrogen-bond donors (Lipinski definition) is 1. The predicted molar refractivity (Wildman–Crippen MR) is 98.1 cm³/mol. The number of amides is 1. The molecule has 0 radical (unpaired) electrons. The minimum absolute atomic E-state index is 0.148. The number of likely N-dealkylation sites (tertiary alicyclic amines) is 1. The Morgan fingerprint density at radius 1 is 1.43 bits per heavy atom. The van der Waals surface area contributed by atoms with E-state index in [0.717, 1.165) is 32.4 Å². The lowest BCUT2D eigenvalue weighted by Gasteiger charge is -2.31. The molecule has 0 spiro atoms. The maximum atomic E-state index is 12.4. The van der Waals surface area contributed by atoms with Gasteiger partial charge in [-0.2, -0.15) is 11.8 Å². The number of carbonyl (C=O) groups excluding carboxylic acids is 1. The van der Waals surface area contributed by atoms with Crippen LogP contribution in [-0.4, -0.2) is 52.3 Å². The molecule has 1 amide bonds. The third-order valence-corrected chi connectivity index (χ3v) is 6.29. The number of nitrogens with zero attached hydrogens (tertiary/aromatic N) is 1. The van der Waals surface area contributed by atoms with Crippen molar-refractivity contribution in [2.24, 2.45) is 0 Å². The average Bonchev–Trinajstić information content (AvgIpc) is 3.04. The first-order valence-corrected chi connectivity index (χ1v) is 10.0. The molecule has 0 saturated carbocycles. The van der Waals surface area contributed by atoms with Crippen LogP contribution in [0, 0.1) is 0 Å². The number of thioether (sulfide) groups is 1. The second-order valence-corrected chi connectivity index (χ2v) is 10.1. The van der Waals surface area contributed by atoms with Crippen LogP contribution in [-0.2, 0) is 4.74 Å². The predicted octanol–water partition coefficient (Wildman–Crippen LogP) is 4.04. The summed E-state index contributed by atoms with van der Waals surface area (Å²) in [4.78, 5) is 14.3. The summed E-state index contributed by atoms with van der Waals surface area (Å²) >= 11 is 2.09. The van der Waals surface area contributed by atoms with Crippen LogP contribution in [0.25, 0.3) is 0 Å². The van der Waals surface area contributed by atoms with Gasteiger partial charge >= 0.3 is 6.09 Å². The van der Waals surface area contributed by atoms with Gasteiger partial charge in [0, 0.05) is 29.9 Å². The van der Waals surface area contributed by atoms with Crippen LogP contribution in [0.1, 0.15) is 66.7 Å². The van der Waals surface area contributed by atoms with Crippen molar-refractivity contribution in [3.05, 3.63) is 0 Å². The summed E-state index contributed by atoms with van der Waals surface area (Å²) in [6.45, 7) is 12.3. The van der Waals surface area contributed by atoms with Crippen LogP contribution < -0.4 is 5.32 Å². The van der Waals surface area contributed by atoms with E-state index in [1.54, 1.807) is 0 Å². The van der Waals surface area contributed by atoms with Gasteiger partial charge in [0.1, 0.15) is 5.60 Å². The molecule has 0 bridgehead atoms. The number of nitrogens with one attached hydrogen (secondary N) is 1. The second-order valence-electron chi connectivity index (χ2n) is 8.39. The molecule has 0 aliphatic carbocycles. The third kappa shape index (κ3) is 5.86. The minimum atomic E-state index is -0.414. The van der Waals surface area contributed by atoms with Crippen LogP contribution in [0.2, 0.25) is 0 Å². The Morgan fingerprint density at radius 2 is 2.17 bits per heavy atom. The molecule has 3 unspecified atom stereocenters. The summed E-state index contributed by atoms with van der Waals surface area (Å²) in [5.41, 5.74) is -0.414. The first-order valence-electron chi connectivity index (χ1n) is 9.05. The molecule has 1 N–H and O–H groups in total. The van der Waals surface area contributed by atoms with Gasteiger partial charge in [0.05, 0.1) is 0 Å². The molecule has 2 aliphatic heterocycles. The molecule has 23 heavy (non-hydrogen) atoms. The maximum absolute atomic E-state index is 12.4. The Hall–Kier alpha value is -0.420. The lowest BCUT2D eigenvalue weighted by molar-refractivity contribution is 0.0214. The van der Waals surface area contributed by atoms with E-state index in [2.05, 4.69) is 30.9 Å². The molecule has 2 heterocycles. The Bertz CT molecular complexity index is 402. The SMILES string of the molecule is CC(CC1CCCN1C(=O)OC(C)(C)C)NCC1(C)CCCS1. The van der Waals surface area contributed by atoms with Gasteiger partial charge in [-0.3, -0.25) is 0 Å². The van der Waals surface area contributed by atoms with Crippen molar-refractivity contribution in [1.29, 1.82) is 0 Å². The van der Waals surface area contributed by atoms with Crippen LogP contribution in [0.4, 0.5) is 4.79 Å². The van der Waals surface area contributed by atoms with Gasteiger partial charge in [-0.1, -0.05) is 0 Å². The minimum Gasteiger partial charge on any atom is -0.444 e. The summed E-state index contributed by atoms with van der Waals surface area (Å²) in [6.07, 6.45) is 5.70. The molecule has 134 valence electrons. The molecule has 2 fully saturated rings. The topological polar surface area (TPSA) is 41.6 Å². The summed E-state index contributed by atoms with van der Waals surface area (Å²) in [7, 11) is 0. The van der Waals surface area contributed by atoms with E-state index in [1.807, 2.05) is 25.7 Å². The molecule has 0 aromatic carbocycles. The van der Waals surface area contributed by atoms with Crippen molar-refractivity contribution >= 4 is 17.9 Å². The van der Waals surface area contributed by atoms with Crippen molar-refractivity contribution in [2.75, 3.05) is 18.8 Å². The highest BCUT2D eigenvalue weighted by molar-refractivity contribution is 8.00. The normalized spacial score (nSPS) is 29.8. The molecule has 3 atom stereocenters. The number of carbonyl (C=O) groups is 1.